The Morgan fingerprint density at radius 1 is 1.27 bits per heavy atom. The molecule has 7 nitrogen and oxygen atoms in total. The van der Waals surface area contributed by atoms with E-state index in [1.807, 2.05) is 39.2 Å². The summed E-state index contributed by atoms with van der Waals surface area (Å²) >= 11 is 1.62. The fourth-order valence-electron chi connectivity index (χ4n) is 3.76. The van der Waals surface area contributed by atoms with Gasteiger partial charge in [0.2, 0.25) is 0 Å². The number of hydrogen-bond acceptors (Lipinski definition) is 8. The van der Waals surface area contributed by atoms with Crippen molar-refractivity contribution < 1.29 is 14.3 Å². The highest BCUT2D eigenvalue weighted by atomic mass is 32.1. The topological polar surface area (TPSA) is 67.8 Å². The number of rotatable bonds is 5. The maximum atomic E-state index is 12.2. The molecule has 158 valence electrons. The van der Waals surface area contributed by atoms with Crippen molar-refractivity contribution in [3.8, 4) is 11.1 Å². The molecule has 0 amide bonds. The maximum absolute atomic E-state index is 12.2. The Hall–Kier alpha value is -2.55. The molecule has 1 fully saturated rings. The molecule has 0 N–H and O–H groups in total. The largest absolute Gasteiger partial charge is 0.467 e. The van der Waals surface area contributed by atoms with E-state index < -0.39 is 6.10 Å². The summed E-state index contributed by atoms with van der Waals surface area (Å²) in [5.74, 6) is 1.25. The molecule has 30 heavy (non-hydrogen) atoms. The molecule has 1 unspecified atom stereocenters. The zero-order chi connectivity index (χ0) is 21.3. The number of fused-ring (bicyclic) bond motifs is 1. The molecule has 2 atom stereocenters. The van der Waals surface area contributed by atoms with Gasteiger partial charge in [-0.2, -0.15) is 0 Å². The van der Waals surface area contributed by atoms with Crippen molar-refractivity contribution in [1.82, 2.24) is 14.9 Å². The van der Waals surface area contributed by atoms with Crippen LogP contribution in [0.1, 0.15) is 12.7 Å². The lowest BCUT2D eigenvalue weighted by Gasteiger charge is -2.36. The number of esters is 1. The second kappa shape index (κ2) is 8.67. The van der Waals surface area contributed by atoms with E-state index in [1.54, 1.807) is 11.3 Å². The van der Waals surface area contributed by atoms with Crippen molar-refractivity contribution in [2.45, 2.75) is 25.7 Å². The highest BCUT2D eigenvalue weighted by molar-refractivity contribution is 7.17. The van der Waals surface area contributed by atoms with E-state index in [0.717, 1.165) is 33.0 Å². The SMILES string of the molecule is COC(=O)C1CN(c2nc(CN(C)C)nc3scc(-c4ccccc4)c23)C[C@H](C)O1. The standard InChI is InChI=1S/C22H26N4O3S/c1-14-10-26(11-17(29-14)22(27)28-4)20-19-16(15-8-6-5-7-9-15)13-30-21(19)24-18(23-20)12-25(2)3/h5-9,13-14,17H,10-12H2,1-4H3/t14-,17?/m0/s1. The van der Waals surface area contributed by atoms with Crippen LogP contribution >= 0.6 is 11.3 Å². The smallest absolute Gasteiger partial charge is 0.336 e. The molecule has 4 rings (SSSR count). The van der Waals surface area contributed by atoms with E-state index in [4.69, 9.17) is 19.4 Å². The molecule has 0 spiro atoms. The highest BCUT2D eigenvalue weighted by Gasteiger charge is 2.33. The van der Waals surface area contributed by atoms with Crippen LogP contribution < -0.4 is 4.90 Å². The van der Waals surface area contributed by atoms with Gasteiger partial charge in [0.1, 0.15) is 16.5 Å². The van der Waals surface area contributed by atoms with Gasteiger partial charge in [-0.15, -0.1) is 11.3 Å². The molecule has 1 aliphatic rings. The number of morpholine rings is 1. The van der Waals surface area contributed by atoms with Gasteiger partial charge in [0.25, 0.3) is 0 Å². The Labute approximate surface area is 180 Å². The van der Waals surface area contributed by atoms with E-state index in [0.29, 0.717) is 19.6 Å². The summed E-state index contributed by atoms with van der Waals surface area (Å²) in [6, 6.07) is 10.3. The van der Waals surface area contributed by atoms with Gasteiger partial charge < -0.3 is 19.3 Å². The zero-order valence-electron chi connectivity index (χ0n) is 17.7. The predicted molar refractivity (Wildman–Crippen MR) is 119 cm³/mol. The third kappa shape index (κ3) is 4.16. The molecule has 0 radical (unpaired) electrons. The van der Waals surface area contributed by atoms with Crippen LogP contribution in [-0.4, -0.2) is 67.3 Å². The van der Waals surface area contributed by atoms with Crippen LogP contribution in [0.2, 0.25) is 0 Å². The van der Waals surface area contributed by atoms with Crippen LogP contribution in [0.5, 0.6) is 0 Å². The Balaban J connectivity index is 1.85. The lowest BCUT2D eigenvalue weighted by atomic mass is 10.1. The van der Waals surface area contributed by atoms with Gasteiger partial charge in [-0.1, -0.05) is 30.3 Å². The first-order valence-electron chi connectivity index (χ1n) is 9.92. The fraction of sp³-hybridized carbons (Fsp3) is 0.409. The summed E-state index contributed by atoms with van der Waals surface area (Å²) in [7, 11) is 5.39. The number of thiophene rings is 1. The number of benzene rings is 1. The van der Waals surface area contributed by atoms with Gasteiger partial charge in [0, 0.05) is 17.5 Å². The van der Waals surface area contributed by atoms with Gasteiger partial charge in [-0.25, -0.2) is 14.8 Å². The summed E-state index contributed by atoms with van der Waals surface area (Å²) in [5, 5.41) is 3.16. The predicted octanol–water partition coefficient (Wildman–Crippen LogP) is 3.19. The van der Waals surface area contributed by atoms with Crippen molar-refractivity contribution in [3.63, 3.8) is 0 Å². The molecule has 8 heteroatoms. The van der Waals surface area contributed by atoms with Crippen LogP contribution in [0.4, 0.5) is 5.82 Å². The van der Waals surface area contributed by atoms with E-state index in [1.165, 1.54) is 7.11 Å². The lowest BCUT2D eigenvalue weighted by molar-refractivity contribution is -0.158. The van der Waals surface area contributed by atoms with Crippen LogP contribution in [0, 0.1) is 0 Å². The molecule has 3 heterocycles. The van der Waals surface area contributed by atoms with Crippen molar-refractivity contribution in [3.05, 3.63) is 41.5 Å². The first-order chi connectivity index (χ1) is 14.5. The summed E-state index contributed by atoms with van der Waals surface area (Å²) in [6.07, 6.45) is -0.760. The van der Waals surface area contributed by atoms with Gasteiger partial charge in [0.15, 0.2) is 6.10 Å². The average Bonchev–Trinajstić information content (AvgIpc) is 3.16. The summed E-state index contributed by atoms with van der Waals surface area (Å²) < 4.78 is 10.8. The summed E-state index contributed by atoms with van der Waals surface area (Å²) in [5.41, 5.74) is 2.23. The summed E-state index contributed by atoms with van der Waals surface area (Å²) in [4.78, 5) is 27.1. The normalized spacial score (nSPS) is 19.4. The number of methoxy groups -OCH3 is 1. The van der Waals surface area contributed by atoms with Crippen LogP contribution in [0.3, 0.4) is 0 Å². The van der Waals surface area contributed by atoms with Crippen LogP contribution in [-0.2, 0) is 20.8 Å². The first kappa shape index (κ1) is 20.7. The molecular weight excluding hydrogens is 400 g/mol. The molecule has 3 aromatic rings. The Kier molecular flexibility index (Phi) is 5.99. The Morgan fingerprint density at radius 3 is 2.73 bits per heavy atom. The van der Waals surface area contributed by atoms with Crippen molar-refractivity contribution in [1.29, 1.82) is 0 Å². The quantitative estimate of drug-likeness (QED) is 0.581. The van der Waals surface area contributed by atoms with Gasteiger partial charge >= 0.3 is 5.97 Å². The Bertz CT molecular complexity index is 1040. The highest BCUT2D eigenvalue weighted by Crippen LogP contribution is 2.39. The van der Waals surface area contributed by atoms with E-state index >= 15 is 0 Å². The van der Waals surface area contributed by atoms with Crippen LogP contribution in [0.15, 0.2) is 35.7 Å². The monoisotopic (exact) mass is 426 g/mol. The third-order valence-corrected chi connectivity index (χ3v) is 5.90. The average molecular weight is 427 g/mol. The second-order valence-corrected chi connectivity index (χ2v) is 8.62. The number of carbonyl (C=O) groups excluding carboxylic acids is 1. The molecule has 0 aliphatic carbocycles. The number of ether oxygens (including phenoxy) is 2. The Morgan fingerprint density at radius 2 is 2.03 bits per heavy atom. The number of anilines is 1. The van der Waals surface area contributed by atoms with E-state index in [9.17, 15) is 4.79 Å². The molecule has 1 saturated heterocycles. The molecule has 2 aromatic heterocycles. The minimum atomic E-state index is -0.639. The van der Waals surface area contributed by atoms with Crippen molar-refractivity contribution >= 4 is 33.3 Å². The van der Waals surface area contributed by atoms with Gasteiger partial charge in [0.05, 0.1) is 31.7 Å². The minimum absolute atomic E-state index is 0.121. The number of nitrogens with zero attached hydrogens (tertiary/aromatic N) is 4. The molecule has 0 bridgehead atoms. The third-order valence-electron chi connectivity index (χ3n) is 5.03. The van der Waals surface area contributed by atoms with Crippen molar-refractivity contribution in [2.75, 3.05) is 39.2 Å². The lowest BCUT2D eigenvalue weighted by Crippen LogP contribution is -2.50. The van der Waals surface area contributed by atoms with Gasteiger partial charge in [-0.05, 0) is 26.6 Å². The number of hydrogen-bond donors (Lipinski definition) is 0. The van der Waals surface area contributed by atoms with Crippen LogP contribution in [0.25, 0.3) is 21.3 Å². The maximum Gasteiger partial charge on any atom is 0.336 e. The molecule has 0 saturated carbocycles. The van der Waals surface area contributed by atoms with E-state index in [2.05, 4.69) is 27.3 Å². The van der Waals surface area contributed by atoms with Gasteiger partial charge in [-0.3, -0.25) is 0 Å². The summed E-state index contributed by atoms with van der Waals surface area (Å²) in [6.45, 7) is 3.65. The molecule has 1 aromatic carbocycles. The number of carbonyl (C=O) groups is 1. The number of aromatic nitrogens is 2. The minimum Gasteiger partial charge on any atom is -0.467 e. The molecular formula is C22H26N4O3S. The fourth-order valence-corrected chi connectivity index (χ4v) is 4.73. The zero-order valence-corrected chi connectivity index (χ0v) is 18.5. The second-order valence-electron chi connectivity index (χ2n) is 7.76. The van der Waals surface area contributed by atoms with Crippen molar-refractivity contribution in [2.24, 2.45) is 0 Å². The first-order valence-corrected chi connectivity index (χ1v) is 10.8. The molecule has 1 aliphatic heterocycles. The van der Waals surface area contributed by atoms with E-state index in [-0.39, 0.29) is 12.1 Å².